The molecule has 1 aromatic rings. The number of nitrogen functional groups attached to an aromatic ring is 1. The van der Waals surface area contributed by atoms with Gasteiger partial charge in [0.25, 0.3) is 0 Å². The van der Waals surface area contributed by atoms with Crippen molar-refractivity contribution in [2.75, 3.05) is 18.9 Å². The summed E-state index contributed by atoms with van der Waals surface area (Å²) in [5, 5.41) is 0.330. The van der Waals surface area contributed by atoms with Crippen LogP contribution in [0.4, 0.5) is 5.69 Å². The van der Waals surface area contributed by atoms with Crippen molar-refractivity contribution in [3.05, 3.63) is 23.2 Å². The van der Waals surface area contributed by atoms with E-state index in [9.17, 15) is 13.2 Å². The number of ether oxygens (including phenoxy) is 1. The summed E-state index contributed by atoms with van der Waals surface area (Å²) < 4.78 is 30.4. The molecule has 0 aliphatic heterocycles. The van der Waals surface area contributed by atoms with Crippen LogP contribution in [0.25, 0.3) is 0 Å². The minimum absolute atomic E-state index is 0.0128. The van der Waals surface area contributed by atoms with E-state index in [1.165, 1.54) is 18.2 Å². The second kappa shape index (κ2) is 6.03. The standard InChI is InChI=1S/C10H13ClN2O4S/c1-2-17-10(14)6-13-18(15,16)9-4-3-7(11)5-8(9)12/h3-5,13H,2,6,12H2,1H3. The lowest BCUT2D eigenvalue weighted by Crippen LogP contribution is -2.31. The fraction of sp³-hybridized carbons (Fsp3) is 0.300. The maximum Gasteiger partial charge on any atom is 0.321 e. The average Bonchev–Trinajstić information content (AvgIpc) is 2.26. The zero-order chi connectivity index (χ0) is 13.8. The summed E-state index contributed by atoms with van der Waals surface area (Å²) in [6.07, 6.45) is 0. The van der Waals surface area contributed by atoms with E-state index in [2.05, 4.69) is 9.46 Å². The zero-order valence-electron chi connectivity index (χ0n) is 9.64. The van der Waals surface area contributed by atoms with Crippen LogP contribution in [0.5, 0.6) is 0 Å². The van der Waals surface area contributed by atoms with Gasteiger partial charge in [-0.1, -0.05) is 11.6 Å². The van der Waals surface area contributed by atoms with Crippen molar-refractivity contribution in [3.63, 3.8) is 0 Å². The molecule has 0 unspecified atom stereocenters. The number of carbonyl (C=O) groups excluding carboxylic acids is 1. The lowest BCUT2D eigenvalue weighted by atomic mass is 10.3. The first kappa shape index (κ1) is 14.7. The number of nitrogens with one attached hydrogen (secondary N) is 1. The van der Waals surface area contributed by atoms with Gasteiger partial charge in [0.15, 0.2) is 0 Å². The zero-order valence-corrected chi connectivity index (χ0v) is 11.2. The highest BCUT2D eigenvalue weighted by molar-refractivity contribution is 7.89. The van der Waals surface area contributed by atoms with E-state index < -0.39 is 22.5 Å². The third-order valence-corrected chi connectivity index (χ3v) is 3.68. The highest BCUT2D eigenvalue weighted by atomic mass is 35.5. The molecule has 6 nitrogen and oxygen atoms in total. The Morgan fingerprint density at radius 3 is 2.72 bits per heavy atom. The first-order chi connectivity index (χ1) is 8.36. The summed E-state index contributed by atoms with van der Waals surface area (Å²) in [5.74, 6) is -0.659. The van der Waals surface area contributed by atoms with Crippen LogP contribution < -0.4 is 10.5 Å². The van der Waals surface area contributed by atoms with E-state index in [-0.39, 0.29) is 17.2 Å². The predicted octanol–water partition coefficient (Wildman–Crippen LogP) is 0.764. The number of benzene rings is 1. The van der Waals surface area contributed by atoms with Gasteiger partial charge in [0.1, 0.15) is 11.4 Å². The minimum Gasteiger partial charge on any atom is -0.465 e. The molecule has 0 aliphatic carbocycles. The summed E-state index contributed by atoms with van der Waals surface area (Å²) in [5.41, 5.74) is 5.57. The number of sulfonamides is 1. The molecule has 0 aromatic heterocycles. The smallest absolute Gasteiger partial charge is 0.321 e. The number of hydrogen-bond donors (Lipinski definition) is 2. The first-order valence-corrected chi connectivity index (χ1v) is 6.93. The van der Waals surface area contributed by atoms with E-state index in [0.717, 1.165) is 0 Å². The van der Waals surface area contributed by atoms with Gasteiger partial charge in [-0.25, -0.2) is 8.42 Å². The molecule has 0 amide bonds. The van der Waals surface area contributed by atoms with Crippen molar-refractivity contribution in [2.24, 2.45) is 0 Å². The van der Waals surface area contributed by atoms with Crippen LogP contribution in [0.15, 0.2) is 23.1 Å². The molecule has 0 spiro atoms. The van der Waals surface area contributed by atoms with Crippen LogP contribution in [-0.4, -0.2) is 27.5 Å². The Bertz CT molecular complexity index is 545. The van der Waals surface area contributed by atoms with Crippen molar-refractivity contribution < 1.29 is 17.9 Å². The highest BCUT2D eigenvalue weighted by Gasteiger charge is 2.18. The quantitative estimate of drug-likeness (QED) is 0.617. The molecule has 0 saturated heterocycles. The van der Waals surface area contributed by atoms with E-state index in [1.54, 1.807) is 6.92 Å². The lowest BCUT2D eigenvalue weighted by molar-refractivity contribution is -0.141. The number of esters is 1. The second-order valence-electron chi connectivity index (χ2n) is 3.31. The Hall–Kier alpha value is -1.31. The minimum atomic E-state index is -3.86. The third kappa shape index (κ3) is 3.86. The Balaban J connectivity index is 2.83. The summed E-state index contributed by atoms with van der Waals surface area (Å²) in [6, 6.07) is 3.99. The molecular weight excluding hydrogens is 280 g/mol. The van der Waals surface area contributed by atoms with Crippen molar-refractivity contribution in [1.82, 2.24) is 4.72 Å². The van der Waals surface area contributed by atoms with Gasteiger partial charge in [-0.2, -0.15) is 4.72 Å². The molecule has 1 rings (SSSR count). The van der Waals surface area contributed by atoms with Crippen LogP contribution in [0.3, 0.4) is 0 Å². The van der Waals surface area contributed by atoms with Gasteiger partial charge < -0.3 is 10.5 Å². The van der Waals surface area contributed by atoms with Gasteiger partial charge in [0.05, 0.1) is 12.3 Å². The van der Waals surface area contributed by atoms with Gasteiger partial charge in [-0.3, -0.25) is 4.79 Å². The van der Waals surface area contributed by atoms with Crippen LogP contribution in [0.2, 0.25) is 5.02 Å². The topological polar surface area (TPSA) is 98.5 Å². The van der Waals surface area contributed by atoms with E-state index in [4.69, 9.17) is 17.3 Å². The molecule has 3 N–H and O–H groups in total. The third-order valence-electron chi connectivity index (χ3n) is 1.97. The number of halogens is 1. The van der Waals surface area contributed by atoms with Crippen LogP contribution >= 0.6 is 11.6 Å². The van der Waals surface area contributed by atoms with Gasteiger partial charge >= 0.3 is 5.97 Å². The highest BCUT2D eigenvalue weighted by Crippen LogP contribution is 2.21. The van der Waals surface area contributed by atoms with Crippen molar-refractivity contribution in [1.29, 1.82) is 0 Å². The van der Waals surface area contributed by atoms with Crippen molar-refractivity contribution in [3.8, 4) is 0 Å². The summed E-state index contributed by atoms with van der Waals surface area (Å²) >= 11 is 5.67. The first-order valence-electron chi connectivity index (χ1n) is 5.07. The Kier molecular flexibility index (Phi) is 4.94. The van der Waals surface area contributed by atoms with E-state index >= 15 is 0 Å². The number of nitrogens with two attached hydrogens (primary N) is 1. The number of carbonyl (C=O) groups is 1. The Morgan fingerprint density at radius 2 is 2.17 bits per heavy atom. The van der Waals surface area contributed by atoms with Crippen molar-refractivity contribution >= 4 is 33.3 Å². The number of hydrogen-bond acceptors (Lipinski definition) is 5. The summed E-state index contributed by atoms with van der Waals surface area (Å²) in [4.78, 5) is 10.9. The number of rotatable bonds is 5. The average molecular weight is 293 g/mol. The van der Waals surface area contributed by atoms with E-state index in [1.807, 2.05) is 0 Å². The SMILES string of the molecule is CCOC(=O)CNS(=O)(=O)c1ccc(Cl)cc1N. The largest absolute Gasteiger partial charge is 0.465 e. The Morgan fingerprint density at radius 1 is 1.50 bits per heavy atom. The maximum atomic E-state index is 11.8. The Labute approximate surface area is 110 Å². The molecule has 0 fully saturated rings. The molecule has 1 aromatic carbocycles. The van der Waals surface area contributed by atoms with Crippen LogP contribution in [0.1, 0.15) is 6.92 Å². The summed E-state index contributed by atoms with van der Waals surface area (Å²) in [7, 11) is -3.86. The van der Waals surface area contributed by atoms with Gasteiger partial charge in [-0.05, 0) is 25.1 Å². The molecule has 0 saturated carbocycles. The maximum absolute atomic E-state index is 11.8. The predicted molar refractivity (Wildman–Crippen MR) is 67.7 cm³/mol. The molecule has 8 heteroatoms. The van der Waals surface area contributed by atoms with Gasteiger partial charge in [0, 0.05) is 5.02 Å². The van der Waals surface area contributed by atoms with Crippen molar-refractivity contribution in [2.45, 2.75) is 11.8 Å². The van der Waals surface area contributed by atoms with E-state index in [0.29, 0.717) is 5.02 Å². The molecule has 0 radical (unpaired) electrons. The van der Waals surface area contributed by atoms with Gasteiger partial charge in [0.2, 0.25) is 10.0 Å². The molecule has 0 atom stereocenters. The monoisotopic (exact) mass is 292 g/mol. The molecule has 18 heavy (non-hydrogen) atoms. The fourth-order valence-electron chi connectivity index (χ4n) is 1.21. The van der Waals surface area contributed by atoms with Gasteiger partial charge in [-0.15, -0.1) is 0 Å². The molecule has 100 valence electrons. The molecule has 0 bridgehead atoms. The molecular formula is C10H13ClN2O4S. The lowest BCUT2D eigenvalue weighted by Gasteiger charge is -2.08. The molecule has 0 aliphatic rings. The van der Waals surface area contributed by atoms with Crippen LogP contribution in [0, 0.1) is 0 Å². The second-order valence-corrected chi connectivity index (χ2v) is 5.48. The number of anilines is 1. The van der Waals surface area contributed by atoms with Crippen LogP contribution in [-0.2, 0) is 19.6 Å². The summed E-state index contributed by atoms with van der Waals surface area (Å²) in [6.45, 7) is 1.37. The fourth-order valence-corrected chi connectivity index (χ4v) is 2.47. The normalized spacial score (nSPS) is 11.2. The molecule has 0 heterocycles.